The lowest BCUT2D eigenvalue weighted by Crippen LogP contribution is -2.30. The molecule has 0 aliphatic heterocycles. The van der Waals surface area contributed by atoms with Crippen molar-refractivity contribution in [1.29, 1.82) is 0 Å². The molecule has 1 aromatic heterocycles. The van der Waals surface area contributed by atoms with Crippen molar-refractivity contribution in [3.63, 3.8) is 0 Å². The van der Waals surface area contributed by atoms with Crippen molar-refractivity contribution in [1.82, 2.24) is 9.55 Å². The Labute approximate surface area is 143 Å². The molecule has 6 heteroatoms. The first-order chi connectivity index (χ1) is 12.2. The Hall–Kier alpha value is -3.67. The number of nitrogens with zero attached hydrogens (tertiary/aromatic N) is 2. The van der Waals surface area contributed by atoms with Crippen LogP contribution in [0.3, 0.4) is 0 Å². The van der Waals surface area contributed by atoms with Crippen LogP contribution in [0.4, 0.5) is 5.69 Å². The van der Waals surface area contributed by atoms with E-state index < -0.39 is 17.1 Å². The van der Waals surface area contributed by atoms with E-state index in [2.05, 4.69) is 9.98 Å². The number of para-hydroxylation sites is 2. The standard InChI is InChI=1S/C19H15N3O3/c23-17-16(12-7-13-20-14-8-3-1-4-9-14)18(24)22(19(25)21-17)15-10-5-2-6-11-15/h1-13,24H,(H,21,23,25)/b12-7-,20-13?. The van der Waals surface area contributed by atoms with E-state index in [-0.39, 0.29) is 5.56 Å². The predicted molar refractivity (Wildman–Crippen MR) is 98.0 cm³/mol. The highest BCUT2D eigenvalue weighted by Gasteiger charge is 2.12. The second-order valence-corrected chi connectivity index (χ2v) is 5.14. The van der Waals surface area contributed by atoms with Crippen molar-refractivity contribution < 1.29 is 5.11 Å². The maximum absolute atomic E-state index is 12.0. The highest BCUT2D eigenvalue weighted by Crippen LogP contribution is 2.17. The molecule has 3 aromatic rings. The monoisotopic (exact) mass is 333 g/mol. The number of aromatic hydroxyl groups is 1. The number of aromatic nitrogens is 2. The van der Waals surface area contributed by atoms with Crippen molar-refractivity contribution >= 4 is 18.0 Å². The molecule has 0 aliphatic rings. The molecule has 0 amide bonds. The third-order valence-electron chi connectivity index (χ3n) is 3.46. The van der Waals surface area contributed by atoms with Gasteiger partial charge >= 0.3 is 5.69 Å². The van der Waals surface area contributed by atoms with Gasteiger partial charge in [-0.05, 0) is 36.4 Å². The molecule has 0 fully saturated rings. The maximum atomic E-state index is 12.0. The van der Waals surface area contributed by atoms with E-state index in [1.165, 1.54) is 18.4 Å². The van der Waals surface area contributed by atoms with Crippen LogP contribution < -0.4 is 11.2 Å². The van der Waals surface area contributed by atoms with Crippen LogP contribution in [0.25, 0.3) is 11.8 Å². The van der Waals surface area contributed by atoms with Crippen LogP contribution in [0, 0.1) is 0 Å². The first-order valence-electron chi connectivity index (χ1n) is 7.56. The Morgan fingerprint density at radius 2 is 1.60 bits per heavy atom. The molecule has 6 nitrogen and oxygen atoms in total. The lowest BCUT2D eigenvalue weighted by Gasteiger charge is -2.09. The van der Waals surface area contributed by atoms with Crippen molar-refractivity contribution in [2.45, 2.75) is 0 Å². The summed E-state index contributed by atoms with van der Waals surface area (Å²) in [5.41, 5.74) is -0.181. The quantitative estimate of drug-likeness (QED) is 0.720. The fraction of sp³-hybridized carbons (Fsp3) is 0. The third-order valence-corrected chi connectivity index (χ3v) is 3.46. The van der Waals surface area contributed by atoms with Crippen LogP contribution >= 0.6 is 0 Å². The van der Waals surface area contributed by atoms with E-state index in [4.69, 9.17) is 0 Å². The summed E-state index contributed by atoms with van der Waals surface area (Å²) in [6, 6.07) is 17.9. The largest absolute Gasteiger partial charge is 0.494 e. The van der Waals surface area contributed by atoms with Gasteiger partial charge in [-0.2, -0.15) is 0 Å². The lowest BCUT2D eigenvalue weighted by atomic mass is 10.2. The fourth-order valence-corrected chi connectivity index (χ4v) is 2.29. The van der Waals surface area contributed by atoms with Gasteiger partial charge in [0.05, 0.1) is 11.4 Å². The molecule has 0 radical (unpaired) electrons. The minimum atomic E-state index is -0.705. The molecule has 0 bridgehead atoms. The number of H-pyrrole nitrogens is 1. The Morgan fingerprint density at radius 3 is 2.28 bits per heavy atom. The maximum Gasteiger partial charge on any atom is 0.335 e. The summed E-state index contributed by atoms with van der Waals surface area (Å²) in [7, 11) is 0. The molecule has 124 valence electrons. The van der Waals surface area contributed by atoms with Gasteiger partial charge in [-0.25, -0.2) is 9.36 Å². The minimum absolute atomic E-state index is 0.0250. The molecule has 0 aliphatic carbocycles. The summed E-state index contributed by atoms with van der Waals surface area (Å²) < 4.78 is 1.04. The summed E-state index contributed by atoms with van der Waals surface area (Å²) in [5, 5.41) is 10.4. The summed E-state index contributed by atoms with van der Waals surface area (Å²) in [6.45, 7) is 0. The van der Waals surface area contributed by atoms with Gasteiger partial charge in [-0.15, -0.1) is 0 Å². The average molecular weight is 333 g/mol. The van der Waals surface area contributed by atoms with Crippen LogP contribution in [0.5, 0.6) is 5.88 Å². The predicted octanol–water partition coefficient (Wildman–Crippen LogP) is 2.65. The Bertz CT molecular complexity index is 1030. The summed E-state index contributed by atoms with van der Waals surface area (Å²) >= 11 is 0. The molecule has 0 unspecified atom stereocenters. The summed E-state index contributed by atoms with van der Waals surface area (Å²) in [4.78, 5) is 30.4. The van der Waals surface area contributed by atoms with Crippen LogP contribution in [-0.4, -0.2) is 20.9 Å². The number of aliphatic imine (C=N–C) groups is 1. The van der Waals surface area contributed by atoms with E-state index in [1.807, 2.05) is 30.3 Å². The molecular weight excluding hydrogens is 318 g/mol. The van der Waals surface area contributed by atoms with Crippen LogP contribution in [0.15, 0.2) is 81.3 Å². The molecule has 0 saturated carbocycles. The molecule has 0 saturated heterocycles. The first-order valence-corrected chi connectivity index (χ1v) is 7.56. The molecular formula is C19H15N3O3. The summed E-state index contributed by atoms with van der Waals surface area (Å²) in [5.74, 6) is -0.427. The van der Waals surface area contributed by atoms with Crippen molar-refractivity contribution in [2.24, 2.45) is 4.99 Å². The van der Waals surface area contributed by atoms with Crippen LogP contribution in [0.2, 0.25) is 0 Å². The molecule has 2 N–H and O–H groups in total. The van der Waals surface area contributed by atoms with Gasteiger partial charge in [0.2, 0.25) is 5.88 Å². The molecule has 3 rings (SSSR count). The van der Waals surface area contributed by atoms with Crippen LogP contribution in [-0.2, 0) is 0 Å². The van der Waals surface area contributed by atoms with Gasteiger partial charge < -0.3 is 5.11 Å². The van der Waals surface area contributed by atoms with Crippen molar-refractivity contribution in [3.8, 4) is 11.6 Å². The number of benzene rings is 2. The van der Waals surface area contributed by atoms with E-state index in [9.17, 15) is 14.7 Å². The van der Waals surface area contributed by atoms with Crippen molar-refractivity contribution in [2.75, 3.05) is 0 Å². The Morgan fingerprint density at radius 1 is 0.960 bits per heavy atom. The normalized spacial score (nSPS) is 11.4. The number of rotatable bonds is 4. The number of aromatic amines is 1. The zero-order valence-electron chi connectivity index (χ0n) is 13.2. The number of allylic oxidation sites excluding steroid dienone is 1. The number of hydrogen-bond acceptors (Lipinski definition) is 4. The lowest BCUT2D eigenvalue weighted by molar-refractivity contribution is 0.429. The van der Waals surface area contributed by atoms with Gasteiger partial charge in [0.15, 0.2) is 0 Å². The van der Waals surface area contributed by atoms with Gasteiger partial charge in [-0.3, -0.25) is 14.8 Å². The molecule has 1 heterocycles. The van der Waals surface area contributed by atoms with E-state index in [0.717, 1.165) is 10.3 Å². The highest BCUT2D eigenvalue weighted by atomic mass is 16.3. The zero-order chi connectivity index (χ0) is 17.6. The van der Waals surface area contributed by atoms with E-state index in [0.29, 0.717) is 5.69 Å². The molecule has 2 aromatic carbocycles. The minimum Gasteiger partial charge on any atom is -0.494 e. The van der Waals surface area contributed by atoms with Gasteiger partial charge in [-0.1, -0.05) is 36.4 Å². The third kappa shape index (κ3) is 3.64. The topological polar surface area (TPSA) is 87.5 Å². The Kier molecular flexibility index (Phi) is 4.71. The van der Waals surface area contributed by atoms with Gasteiger partial charge in [0, 0.05) is 6.21 Å². The SMILES string of the molecule is O=c1[nH]c(=O)n(-c2ccccc2)c(O)c1/C=C\C=Nc1ccccc1. The first kappa shape index (κ1) is 16.2. The molecule has 0 atom stereocenters. The fourth-order valence-electron chi connectivity index (χ4n) is 2.29. The van der Waals surface area contributed by atoms with E-state index >= 15 is 0 Å². The van der Waals surface area contributed by atoms with E-state index in [1.54, 1.807) is 30.3 Å². The zero-order valence-corrected chi connectivity index (χ0v) is 13.2. The second kappa shape index (κ2) is 7.27. The Balaban J connectivity index is 1.97. The molecule has 0 spiro atoms. The summed E-state index contributed by atoms with van der Waals surface area (Å²) in [6.07, 6.45) is 4.43. The van der Waals surface area contributed by atoms with Gasteiger partial charge in [0.25, 0.3) is 5.56 Å². The highest BCUT2D eigenvalue weighted by molar-refractivity contribution is 5.81. The average Bonchev–Trinajstić information content (AvgIpc) is 2.62. The van der Waals surface area contributed by atoms with Gasteiger partial charge in [0.1, 0.15) is 5.56 Å². The second-order valence-electron chi connectivity index (χ2n) is 5.14. The molecule has 25 heavy (non-hydrogen) atoms. The van der Waals surface area contributed by atoms with Crippen molar-refractivity contribution in [3.05, 3.63) is 93.1 Å². The smallest absolute Gasteiger partial charge is 0.335 e. The number of hydrogen-bond donors (Lipinski definition) is 2. The number of nitrogens with one attached hydrogen (secondary N) is 1. The van der Waals surface area contributed by atoms with Crippen LogP contribution in [0.1, 0.15) is 5.56 Å².